The summed E-state index contributed by atoms with van der Waals surface area (Å²) < 4.78 is 0. The first-order chi connectivity index (χ1) is 9.17. The lowest BCUT2D eigenvalue weighted by Crippen LogP contribution is -2.59. The predicted molar refractivity (Wildman–Crippen MR) is 70.9 cm³/mol. The zero-order chi connectivity index (χ0) is 13.5. The van der Waals surface area contributed by atoms with Crippen LogP contribution in [0.25, 0.3) is 0 Å². The number of carbonyl (C=O) groups is 1. The molecule has 1 aliphatic heterocycles. The maximum absolute atomic E-state index is 12.6. The van der Waals surface area contributed by atoms with E-state index in [9.17, 15) is 4.79 Å². The molecular weight excluding hydrogens is 244 g/mol. The third kappa shape index (κ3) is 2.08. The highest BCUT2D eigenvalue weighted by atomic mass is 16.4. The average Bonchev–Trinajstić information content (AvgIpc) is 3.21. The molecule has 0 unspecified atom stereocenters. The molecule has 0 aromatic rings. The molecule has 0 bridgehead atoms. The van der Waals surface area contributed by atoms with Crippen molar-refractivity contribution in [2.75, 3.05) is 26.2 Å². The number of amidine groups is 1. The highest BCUT2D eigenvalue weighted by Gasteiger charge is 2.50. The summed E-state index contributed by atoms with van der Waals surface area (Å²) in [5, 5.41) is 12.0. The van der Waals surface area contributed by atoms with Crippen LogP contribution in [0.2, 0.25) is 0 Å². The Labute approximate surface area is 113 Å². The van der Waals surface area contributed by atoms with Crippen molar-refractivity contribution >= 4 is 11.7 Å². The van der Waals surface area contributed by atoms with Gasteiger partial charge >= 0.3 is 0 Å². The van der Waals surface area contributed by atoms with Gasteiger partial charge in [-0.25, -0.2) is 0 Å². The summed E-state index contributed by atoms with van der Waals surface area (Å²) in [6, 6.07) is 0.763. The lowest BCUT2D eigenvalue weighted by atomic mass is 9.66. The molecule has 106 valence electrons. The quantitative estimate of drug-likeness (QED) is 0.331. The lowest BCUT2D eigenvalue weighted by Gasteiger charge is -2.44. The second kappa shape index (κ2) is 4.67. The Morgan fingerprint density at radius 3 is 2.26 bits per heavy atom. The topological polar surface area (TPSA) is 82.2 Å². The molecular formula is C13H22N4O2. The summed E-state index contributed by atoms with van der Waals surface area (Å²) in [6.07, 6.45) is 5.02. The number of hydrogen-bond acceptors (Lipinski definition) is 4. The molecule has 1 saturated heterocycles. The van der Waals surface area contributed by atoms with Gasteiger partial charge in [-0.3, -0.25) is 9.69 Å². The standard InChI is InChI=1S/C13H22N4O2/c14-11(15-19)13(4-1-5-13)12(18)17-8-6-16(7-9-17)10-2-3-10/h10,19H,1-9H2,(H2,14,15). The first-order valence-corrected chi connectivity index (χ1v) is 7.19. The van der Waals surface area contributed by atoms with Crippen LogP contribution in [0, 0.1) is 5.41 Å². The number of nitrogens with zero attached hydrogens (tertiary/aromatic N) is 3. The Morgan fingerprint density at radius 2 is 1.84 bits per heavy atom. The fourth-order valence-electron chi connectivity index (χ4n) is 3.24. The molecule has 3 N–H and O–H groups in total. The van der Waals surface area contributed by atoms with Crippen LogP contribution in [-0.2, 0) is 4.79 Å². The zero-order valence-corrected chi connectivity index (χ0v) is 11.2. The van der Waals surface area contributed by atoms with Gasteiger partial charge in [0.1, 0.15) is 5.41 Å². The monoisotopic (exact) mass is 266 g/mol. The van der Waals surface area contributed by atoms with E-state index >= 15 is 0 Å². The van der Waals surface area contributed by atoms with E-state index < -0.39 is 5.41 Å². The van der Waals surface area contributed by atoms with Crippen molar-refractivity contribution in [2.24, 2.45) is 16.3 Å². The molecule has 1 amide bonds. The molecule has 6 nitrogen and oxygen atoms in total. The van der Waals surface area contributed by atoms with Crippen LogP contribution in [-0.4, -0.2) is 59.0 Å². The van der Waals surface area contributed by atoms with Crippen molar-refractivity contribution in [3.8, 4) is 0 Å². The molecule has 2 saturated carbocycles. The van der Waals surface area contributed by atoms with Crippen LogP contribution in [0.3, 0.4) is 0 Å². The van der Waals surface area contributed by atoms with Crippen LogP contribution in [0.4, 0.5) is 0 Å². The van der Waals surface area contributed by atoms with Gasteiger partial charge in [-0.2, -0.15) is 0 Å². The van der Waals surface area contributed by atoms with E-state index in [4.69, 9.17) is 10.9 Å². The van der Waals surface area contributed by atoms with Crippen molar-refractivity contribution in [1.82, 2.24) is 9.80 Å². The fourth-order valence-corrected chi connectivity index (χ4v) is 3.24. The Kier molecular flexibility index (Phi) is 3.12. The molecule has 3 rings (SSSR count). The molecule has 0 spiro atoms. The first-order valence-electron chi connectivity index (χ1n) is 7.19. The van der Waals surface area contributed by atoms with Crippen molar-refractivity contribution < 1.29 is 10.0 Å². The molecule has 6 heteroatoms. The number of piperazine rings is 1. The highest BCUT2D eigenvalue weighted by molar-refractivity contribution is 6.07. The number of rotatable bonds is 3. The number of nitrogens with two attached hydrogens (primary N) is 1. The maximum Gasteiger partial charge on any atom is 0.236 e. The third-order valence-electron chi connectivity index (χ3n) is 4.88. The zero-order valence-electron chi connectivity index (χ0n) is 11.2. The smallest absolute Gasteiger partial charge is 0.236 e. The van der Waals surface area contributed by atoms with Gasteiger partial charge in [0.25, 0.3) is 0 Å². The summed E-state index contributed by atoms with van der Waals surface area (Å²) in [5.41, 5.74) is 5.04. The predicted octanol–water partition coefficient (Wildman–Crippen LogP) is 0.210. The Morgan fingerprint density at radius 1 is 1.21 bits per heavy atom. The van der Waals surface area contributed by atoms with E-state index in [1.54, 1.807) is 0 Å². The van der Waals surface area contributed by atoms with E-state index in [1.165, 1.54) is 12.8 Å². The molecule has 19 heavy (non-hydrogen) atoms. The molecule has 0 atom stereocenters. The Bertz CT molecular complexity index is 393. The van der Waals surface area contributed by atoms with Gasteiger partial charge in [-0.15, -0.1) is 0 Å². The van der Waals surface area contributed by atoms with Gasteiger partial charge in [-0.05, 0) is 25.7 Å². The largest absolute Gasteiger partial charge is 0.409 e. The minimum absolute atomic E-state index is 0.0597. The average molecular weight is 266 g/mol. The normalized spacial score (nSPS) is 28.0. The molecule has 0 aromatic heterocycles. The number of carbonyl (C=O) groups excluding carboxylic acids is 1. The summed E-state index contributed by atoms with van der Waals surface area (Å²) >= 11 is 0. The van der Waals surface area contributed by atoms with Gasteiger partial charge < -0.3 is 15.8 Å². The van der Waals surface area contributed by atoms with E-state index in [0.29, 0.717) is 12.8 Å². The van der Waals surface area contributed by atoms with Crippen LogP contribution >= 0.6 is 0 Å². The summed E-state index contributed by atoms with van der Waals surface area (Å²) in [5.74, 6) is 0.151. The van der Waals surface area contributed by atoms with E-state index in [2.05, 4.69) is 10.1 Å². The molecule has 3 aliphatic rings. The minimum Gasteiger partial charge on any atom is -0.409 e. The van der Waals surface area contributed by atoms with Crippen LogP contribution in [0.15, 0.2) is 5.16 Å². The summed E-state index contributed by atoms with van der Waals surface area (Å²) in [6.45, 7) is 3.47. The molecule has 2 aliphatic carbocycles. The highest BCUT2D eigenvalue weighted by Crippen LogP contribution is 2.43. The van der Waals surface area contributed by atoms with Crippen LogP contribution in [0.1, 0.15) is 32.1 Å². The fraction of sp³-hybridized carbons (Fsp3) is 0.846. The van der Waals surface area contributed by atoms with Gasteiger partial charge in [0, 0.05) is 32.2 Å². The SMILES string of the molecule is NC(=NO)C1(C(=O)N2CCN(C3CC3)CC2)CCC1. The van der Waals surface area contributed by atoms with Crippen LogP contribution in [0.5, 0.6) is 0 Å². The summed E-state index contributed by atoms with van der Waals surface area (Å²) in [4.78, 5) is 17.0. The number of oxime groups is 1. The second-order valence-electron chi connectivity index (χ2n) is 5.98. The van der Waals surface area contributed by atoms with Crippen molar-refractivity contribution in [3.63, 3.8) is 0 Å². The molecule has 1 heterocycles. The van der Waals surface area contributed by atoms with Gasteiger partial charge in [-0.1, -0.05) is 11.6 Å². The number of amides is 1. The van der Waals surface area contributed by atoms with Crippen molar-refractivity contribution in [2.45, 2.75) is 38.1 Å². The van der Waals surface area contributed by atoms with Crippen molar-refractivity contribution in [3.05, 3.63) is 0 Å². The van der Waals surface area contributed by atoms with E-state index in [1.807, 2.05) is 4.90 Å². The van der Waals surface area contributed by atoms with Crippen LogP contribution < -0.4 is 5.73 Å². The molecule has 3 fully saturated rings. The Hall–Kier alpha value is -1.30. The molecule has 0 radical (unpaired) electrons. The third-order valence-corrected chi connectivity index (χ3v) is 4.88. The Balaban J connectivity index is 1.64. The van der Waals surface area contributed by atoms with Gasteiger partial charge in [0.2, 0.25) is 5.91 Å². The lowest BCUT2D eigenvalue weighted by molar-refractivity contribution is -0.144. The van der Waals surface area contributed by atoms with Crippen molar-refractivity contribution in [1.29, 1.82) is 0 Å². The molecule has 0 aromatic carbocycles. The van der Waals surface area contributed by atoms with Gasteiger partial charge in [0.05, 0.1) is 0 Å². The maximum atomic E-state index is 12.6. The second-order valence-corrected chi connectivity index (χ2v) is 5.98. The summed E-state index contributed by atoms with van der Waals surface area (Å²) in [7, 11) is 0. The van der Waals surface area contributed by atoms with Gasteiger partial charge in [0.15, 0.2) is 5.84 Å². The minimum atomic E-state index is -0.712. The number of hydrogen-bond donors (Lipinski definition) is 2. The van der Waals surface area contributed by atoms with E-state index in [-0.39, 0.29) is 11.7 Å². The first kappa shape index (κ1) is 12.7. The van der Waals surface area contributed by atoms with E-state index in [0.717, 1.165) is 38.6 Å².